The predicted octanol–water partition coefficient (Wildman–Crippen LogP) is 3.11. The van der Waals surface area contributed by atoms with E-state index in [-0.39, 0.29) is 41.8 Å². The van der Waals surface area contributed by atoms with E-state index in [2.05, 4.69) is 24.5 Å². The second-order valence-electron chi connectivity index (χ2n) is 9.41. The topological polar surface area (TPSA) is 79.8 Å². The molecular weight excluding hydrogens is 489 g/mol. The van der Waals surface area contributed by atoms with E-state index in [1.807, 2.05) is 0 Å². The maximum Gasteiger partial charge on any atom is 0.191 e. The van der Waals surface area contributed by atoms with Crippen molar-refractivity contribution in [3.63, 3.8) is 0 Å². The van der Waals surface area contributed by atoms with Crippen LogP contribution in [0.2, 0.25) is 0 Å². The molecule has 3 rings (SSSR count). The van der Waals surface area contributed by atoms with E-state index in [9.17, 15) is 8.42 Å². The molecule has 2 atom stereocenters. The molecule has 1 saturated carbocycles. The van der Waals surface area contributed by atoms with Crippen molar-refractivity contribution in [1.82, 2.24) is 10.6 Å². The summed E-state index contributed by atoms with van der Waals surface area (Å²) in [5.74, 6) is 1.59. The van der Waals surface area contributed by atoms with E-state index in [1.54, 1.807) is 0 Å². The molecule has 2 heterocycles. The molecule has 2 unspecified atom stereocenters. The van der Waals surface area contributed by atoms with E-state index in [0.29, 0.717) is 23.8 Å². The number of rotatable bonds is 5. The number of ether oxygens (including phenoxy) is 1. The quantitative estimate of drug-likeness (QED) is 0.327. The van der Waals surface area contributed by atoms with Gasteiger partial charge >= 0.3 is 0 Å². The zero-order valence-electron chi connectivity index (χ0n) is 17.4. The van der Waals surface area contributed by atoms with Crippen molar-refractivity contribution >= 4 is 39.8 Å². The van der Waals surface area contributed by atoms with Gasteiger partial charge < -0.3 is 15.4 Å². The van der Waals surface area contributed by atoms with Gasteiger partial charge in [0, 0.05) is 25.7 Å². The number of sulfone groups is 1. The standard InChI is InChI=1S/C20H37N3O3S.HI/c1-20(2)9-6-17(7-10-20)23-19(22-14-18-5-3-4-11-26-18)21-13-16-8-12-27(24,25)15-16;/h16-18H,3-15H2,1-2H3,(H2,21,22,23);1H. The first-order chi connectivity index (χ1) is 12.8. The largest absolute Gasteiger partial charge is 0.376 e. The fourth-order valence-electron chi connectivity index (χ4n) is 4.30. The first-order valence-corrected chi connectivity index (χ1v) is 12.5. The van der Waals surface area contributed by atoms with Gasteiger partial charge in [0.1, 0.15) is 0 Å². The highest BCUT2D eigenvalue weighted by Gasteiger charge is 2.29. The Hall–Kier alpha value is -0.0900. The molecule has 6 nitrogen and oxygen atoms in total. The Morgan fingerprint density at radius 1 is 1.14 bits per heavy atom. The smallest absolute Gasteiger partial charge is 0.191 e. The highest BCUT2D eigenvalue weighted by Crippen LogP contribution is 2.35. The lowest BCUT2D eigenvalue weighted by molar-refractivity contribution is 0.0194. The molecule has 0 aromatic carbocycles. The molecule has 0 bridgehead atoms. The summed E-state index contributed by atoms with van der Waals surface area (Å²) < 4.78 is 29.2. The third-order valence-corrected chi connectivity index (χ3v) is 8.12. The van der Waals surface area contributed by atoms with Crippen LogP contribution < -0.4 is 10.6 Å². The molecule has 0 aromatic heterocycles. The van der Waals surface area contributed by atoms with Crippen LogP contribution in [0.15, 0.2) is 4.99 Å². The van der Waals surface area contributed by atoms with Crippen LogP contribution in [-0.4, -0.2) is 57.7 Å². The van der Waals surface area contributed by atoms with Gasteiger partial charge in [0.2, 0.25) is 0 Å². The number of hydrogen-bond donors (Lipinski definition) is 2. The zero-order chi connectivity index (χ0) is 19.3. The summed E-state index contributed by atoms with van der Waals surface area (Å²) in [6, 6.07) is 0.448. The Morgan fingerprint density at radius 2 is 1.89 bits per heavy atom. The van der Waals surface area contributed by atoms with Gasteiger partial charge in [-0.2, -0.15) is 0 Å². The minimum Gasteiger partial charge on any atom is -0.376 e. The van der Waals surface area contributed by atoms with Crippen LogP contribution in [0.3, 0.4) is 0 Å². The van der Waals surface area contributed by atoms with Crippen molar-refractivity contribution in [3.05, 3.63) is 0 Å². The normalized spacial score (nSPS) is 30.4. The maximum atomic E-state index is 11.7. The van der Waals surface area contributed by atoms with Crippen LogP contribution in [0.25, 0.3) is 0 Å². The molecular formula is C20H38IN3O3S. The summed E-state index contributed by atoms with van der Waals surface area (Å²) in [6.07, 6.45) is 9.24. The fourth-order valence-corrected chi connectivity index (χ4v) is 6.15. The lowest BCUT2D eigenvalue weighted by Crippen LogP contribution is -2.48. The number of nitrogens with one attached hydrogen (secondary N) is 2. The Balaban J connectivity index is 0.00000280. The van der Waals surface area contributed by atoms with E-state index >= 15 is 0 Å². The van der Waals surface area contributed by atoms with E-state index < -0.39 is 9.84 Å². The van der Waals surface area contributed by atoms with E-state index in [4.69, 9.17) is 9.73 Å². The SMILES string of the molecule is CC1(C)CCC(NC(=NCC2CCS(=O)(=O)C2)NCC2CCCCO2)CC1.I. The highest BCUT2D eigenvalue weighted by atomic mass is 127. The Labute approximate surface area is 188 Å². The predicted molar refractivity (Wildman–Crippen MR) is 125 cm³/mol. The second kappa shape index (κ2) is 10.8. The molecule has 8 heteroatoms. The summed E-state index contributed by atoms with van der Waals surface area (Å²) in [6.45, 7) is 6.89. The van der Waals surface area contributed by atoms with Gasteiger partial charge in [-0.25, -0.2) is 8.42 Å². The third kappa shape index (κ3) is 7.97. The van der Waals surface area contributed by atoms with Crippen LogP contribution in [0.5, 0.6) is 0 Å². The van der Waals surface area contributed by atoms with Crippen LogP contribution in [0.1, 0.15) is 65.2 Å². The van der Waals surface area contributed by atoms with Crippen LogP contribution >= 0.6 is 24.0 Å². The fraction of sp³-hybridized carbons (Fsp3) is 0.950. The maximum absolute atomic E-state index is 11.7. The molecule has 28 heavy (non-hydrogen) atoms. The molecule has 0 radical (unpaired) electrons. The number of aliphatic imine (C=N–C) groups is 1. The summed E-state index contributed by atoms with van der Waals surface area (Å²) in [5.41, 5.74) is 0.442. The summed E-state index contributed by atoms with van der Waals surface area (Å²) in [7, 11) is -2.84. The molecule has 2 saturated heterocycles. The molecule has 0 spiro atoms. The molecule has 3 fully saturated rings. The Kier molecular flexibility index (Phi) is 9.32. The van der Waals surface area contributed by atoms with Crippen LogP contribution in [0, 0.1) is 11.3 Å². The van der Waals surface area contributed by atoms with E-state index in [0.717, 1.165) is 51.2 Å². The molecule has 2 N–H and O–H groups in total. The lowest BCUT2D eigenvalue weighted by atomic mass is 9.75. The number of nitrogens with zero attached hydrogens (tertiary/aromatic N) is 1. The van der Waals surface area contributed by atoms with Crippen LogP contribution in [0.4, 0.5) is 0 Å². The summed E-state index contributed by atoms with van der Waals surface area (Å²) in [4.78, 5) is 4.76. The lowest BCUT2D eigenvalue weighted by Gasteiger charge is -2.35. The van der Waals surface area contributed by atoms with Gasteiger partial charge in [0.15, 0.2) is 15.8 Å². The molecule has 0 aromatic rings. The highest BCUT2D eigenvalue weighted by molar-refractivity contribution is 14.0. The summed E-state index contributed by atoms with van der Waals surface area (Å²) in [5, 5.41) is 7.08. The van der Waals surface area contributed by atoms with Crippen molar-refractivity contribution in [1.29, 1.82) is 0 Å². The monoisotopic (exact) mass is 527 g/mol. The molecule has 2 aliphatic heterocycles. The average molecular weight is 528 g/mol. The van der Waals surface area contributed by atoms with Gasteiger partial charge in [-0.05, 0) is 62.7 Å². The number of hydrogen-bond acceptors (Lipinski definition) is 4. The van der Waals surface area contributed by atoms with Gasteiger partial charge in [0.05, 0.1) is 17.6 Å². The molecule has 0 amide bonds. The Morgan fingerprint density at radius 3 is 2.50 bits per heavy atom. The van der Waals surface area contributed by atoms with Crippen molar-refractivity contribution in [2.75, 3.05) is 31.2 Å². The van der Waals surface area contributed by atoms with Crippen molar-refractivity contribution in [2.45, 2.75) is 77.4 Å². The minimum atomic E-state index is -2.84. The van der Waals surface area contributed by atoms with Crippen molar-refractivity contribution in [2.24, 2.45) is 16.3 Å². The zero-order valence-corrected chi connectivity index (χ0v) is 20.6. The molecule has 1 aliphatic carbocycles. The Bertz CT molecular complexity index is 608. The van der Waals surface area contributed by atoms with Gasteiger partial charge in [0.25, 0.3) is 0 Å². The van der Waals surface area contributed by atoms with Crippen molar-refractivity contribution in [3.8, 4) is 0 Å². The first kappa shape index (κ1) is 24.2. The number of halogens is 1. The average Bonchev–Trinajstić information content (AvgIpc) is 2.99. The summed E-state index contributed by atoms with van der Waals surface area (Å²) >= 11 is 0. The van der Waals surface area contributed by atoms with Crippen molar-refractivity contribution < 1.29 is 13.2 Å². The molecule has 3 aliphatic rings. The van der Waals surface area contributed by atoms with Gasteiger partial charge in [-0.1, -0.05) is 13.8 Å². The first-order valence-electron chi connectivity index (χ1n) is 10.7. The second-order valence-corrected chi connectivity index (χ2v) is 11.6. The molecule has 164 valence electrons. The number of guanidine groups is 1. The van der Waals surface area contributed by atoms with Gasteiger partial charge in [-0.3, -0.25) is 4.99 Å². The minimum absolute atomic E-state index is 0. The van der Waals surface area contributed by atoms with Crippen LogP contribution in [-0.2, 0) is 14.6 Å². The third-order valence-electron chi connectivity index (χ3n) is 6.29. The van der Waals surface area contributed by atoms with E-state index in [1.165, 1.54) is 19.3 Å². The van der Waals surface area contributed by atoms with Gasteiger partial charge in [-0.15, -0.1) is 24.0 Å².